The summed E-state index contributed by atoms with van der Waals surface area (Å²) in [4.78, 5) is 52.2. The zero-order valence-electron chi connectivity index (χ0n) is 18.5. The van der Waals surface area contributed by atoms with E-state index >= 15 is 0 Å². The maximum atomic E-state index is 12.7. The summed E-state index contributed by atoms with van der Waals surface area (Å²) < 4.78 is 4.97. The van der Waals surface area contributed by atoms with Gasteiger partial charge in [-0.1, -0.05) is 35.9 Å². The lowest BCUT2D eigenvalue weighted by atomic mass is 10.0. The quantitative estimate of drug-likeness (QED) is 0.359. The second-order valence-corrected chi connectivity index (χ2v) is 9.36. The van der Waals surface area contributed by atoms with Gasteiger partial charge in [-0.2, -0.15) is 0 Å². The molecule has 0 radical (unpaired) electrons. The number of fused-ring (bicyclic) bond motifs is 1. The summed E-state index contributed by atoms with van der Waals surface area (Å²) in [6.07, 6.45) is 0.355. The highest BCUT2D eigenvalue weighted by atomic mass is 35.5. The van der Waals surface area contributed by atoms with Gasteiger partial charge in [-0.15, -0.1) is 11.3 Å². The molecule has 4 rings (SSSR count). The summed E-state index contributed by atoms with van der Waals surface area (Å²) in [5, 5.41) is 3.70. The number of halogens is 1. The van der Waals surface area contributed by atoms with Crippen LogP contribution in [0.1, 0.15) is 48.8 Å². The molecular formula is C25H21ClN2O5S. The predicted molar refractivity (Wildman–Crippen MR) is 131 cm³/mol. The van der Waals surface area contributed by atoms with E-state index in [0.717, 1.165) is 15.3 Å². The Balaban J connectivity index is 1.46. The molecule has 174 valence electrons. The molecule has 0 bridgehead atoms. The molecule has 0 atom stereocenters. The highest BCUT2D eigenvalue weighted by molar-refractivity contribution is 7.17. The van der Waals surface area contributed by atoms with E-state index in [1.165, 1.54) is 18.4 Å². The predicted octanol–water partition coefficient (Wildman–Crippen LogP) is 5.18. The number of carbonyl (C=O) groups is 4. The Labute approximate surface area is 205 Å². The van der Waals surface area contributed by atoms with E-state index < -0.39 is 5.97 Å². The number of thiophene rings is 1. The van der Waals surface area contributed by atoms with Gasteiger partial charge < -0.3 is 10.1 Å². The van der Waals surface area contributed by atoms with Gasteiger partial charge in [-0.25, -0.2) is 4.79 Å². The summed E-state index contributed by atoms with van der Waals surface area (Å²) >= 11 is 7.40. The molecule has 0 saturated carbocycles. The average molecular weight is 497 g/mol. The summed E-state index contributed by atoms with van der Waals surface area (Å²) in [7, 11) is 1.28. The third-order valence-corrected chi connectivity index (χ3v) is 6.76. The van der Waals surface area contributed by atoms with Gasteiger partial charge in [0.25, 0.3) is 11.8 Å². The Hall–Kier alpha value is -3.49. The number of esters is 1. The molecule has 1 aromatic heterocycles. The van der Waals surface area contributed by atoms with E-state index in [1.54, 1.807) is 42.5 Å². The Morgan fingerprint density at radius 1 is 1.06 bits per heavy atom. The largest absolute Gasteiger partial charge is 0.465 e. The van der Waals surface area contributed by atoms with Crippen LogP contribution in [0.25, 0.3) is 11.1 Å². The fraction of sp³-hybridized carbons (Fsp3) is 0.200. The minimum atomic E-state index is -0.569. The number of nitrogens with zero attached hydrogens (tertiary/aromatic N) is 1. The van der Waals surface area contributed by atoms with Gasteiger partial charge in [0.1, 0.15) is 10.6 Å². The number of imide groups is 1. The number of hydrogen-bond donors (Lipinski definition) is 1. The fourth-order valence-electron chi connectivity index (χ4n) is 3.95. The Morgan fingerprint density at radius 2 is 1.74 bits per heavy atom. The van der Waals surface area contributed by atoms with Crippen molar-refractivity contribution in [2.75, 3.05) is 19.0 Å². The minimum Gasteiger partial charge on any atom is -0.465 e. The molecule has 1 aliphatic heterocycles. The topological polar surface area (TPSA) is 92.8 Å². The zero-order chi connectivity index (χ0) is 24.4. The molecule has 34 heavy (non-hydrogen) atoms. The molecule has 1 N–H and O–H groups in total. The first-order chi connectivity index (χ1) is 16.3. The summed E-state index contributed by atoms with van der Waals surface area (Å²) in [5.41, 5.74) is 2.42. The van der Waals surface area contributed by atoms with Crippen molar-refractivity contribution in [2.45, 2.75) is 19.8 Å². The zero-order valence-corrected chi connectivity index (χ0v) is 20.1. The SMILES string of the molecule is COC(=O)c1c(NC(=O)CCCN2C(=O)c3ccccc3C2=O)sc(C)c1-c1cccc(Cl)c1. The van der Waals surface area contributed by atoms with Crippen molar-refractivity contribution in [1.82, 2.24) is 4.90 Å². The number of methoxy groups -OCH3 is 1. The summed E-state index contributed by atoms with van der Waals surface area (Å²) in [5.74, 6) is -1.61. The first-order valence-electron chi connectivity index (χ1n) is 10.5. The monoisotopic (exact) mass is 496 g/mol. The van der Waals surface area contributed by atoms with Crippen molar-refractivity contribution in [1.29, 1.82) is 0 Å². The molecule has 1 aliphatic rings. The molecule has 0 spiro atoms. The Kier molecular flexibility index (Phi) is 6.81. The van der Waals surface area contributed by atoms with E-state index in [0.29, 0.717) is 26.7 Å². The van der Waals surface area contributed by atoms with Gasteiger partial charge in [-0.3, -0.25) is 19.3 Å². The van der Waals surface area contributed by atoms with Gasteiger partial charge in [-0.05, 0) is 43.2 Å². The van der Waals surface area contributed by atoms with Crippen molar-refractivity contribution in [3.05, 3.63) is 75.1 Å². The van der Waals surface area contributed by atoms with Gasteiger partial charge >= 0.3 is 5.97 Å². The second kappa shape index (κ2) is 9.79. The second-order valence-electron chi connectivity index (χ2n) is 7.70. The van der Waals surface area contributed by atoms with E-state index in [2.05, 4.69) is 5.32 Å². The maximum absolute atomic E-state index is 12.7. The van der Waals surface area contributed by atoms with Gasteiger partial charge in [0.2, 0.25) is 5.91 Å². The molecule has 2 aromatic carbocycles. The average Bonchev–Trinajstić information content (AvgIpc) is 3.27. The van der Waals surface area contributed by atoms with Crippen molar-refractivity contribution >= 4 is 51.6 Å². The Bertz CT molecular complexity index is 1280. The lowest BCUT2D eigenvalue weighted by Crippen LogP contribution is -2.31. The number of benzene rings is 2. The number of nitrogens with one attached hydrogen (secondary N) is 1. The summed E-state index contributed by atoms with van der Waals surface area (Å²) in [6, 6.07) is 13.8. The molecule has 2 heterocycles. The lowest BCUT2D eigenvalue weighted by molar-refractivity contribution is -0.116. The molecule has 0 unspecified atom stereocenters. The van der Waals surface area contributed by atoms with Crippen molar-refractivity contribution in [3.63, 3.8) is 0 Å². The van der Waals surface area contributed by atoms with Gasteiger partial charge in [0, 0.05) is 28.4 Å². The van der Waals surface area contributed by atoms with Crippen LogP contribution >= 0.6 is 22.9 Å². The van der Waals surface area contributed by atoms with Gasteiger partial charge in [0.05, 0.1) is 18.2 Å². The minimum absolute atomic E-state index is 0.0669. The first-order valence-corrected chi connectivity index (χ1v) is 11.7. The van der Waals surface area contributed by atoms with Crippen molar-refractivity contribution in [3.8, 4) is 11.1 Å². The third kappa shape index (κ3) is 4.47. The first kappa shape index (κ1) is 23.7. The molecule has 7 nitrogen and oxygen atoms in total. The van der Waals surface area contributed by atoms with Crippen LogP contribution in [-0.4, -0.2) is 42.2 Å². The number of aryl methyl sites for hydroxylation is 1. The van der Waals surface area contributed by atoms with E-state index in [-0.39, 0.29) is 42.7 Å². The maximum Gasteiger partial charge on any atom is 0.341 e. The van der Waals surface area contributed by atoms with Crippen LogP contribution in [0.15, 0.2) is 48.5 Å². The molecule has 3 amide bonds. The number of ether oxygens (including phenoxy) is 1. The molecular weight excluding hydrogens is 476 g/mol. The van der Waals surface area contributed by atoms with Crippen LogP contribution in [0.3, 0.4) is 0 Å². The molecule has 9 heteroatoms. The highest BCUT2D eigenvalue weighted by Crippen LogP contribution is 2.41. The van der Waals surface area contributed by atoms with Crippen LogP contribution in [-0.2, 0) is 9.53 Å². The number of hydrogen-bond acceptors (Lipinski definition) is 6. The van der Waals surface area contributed by atoms with E-state index in [9.17, 15) is 19.2 Å². The molecule has 0 saturated heterocycles. The van der Waals surface area contributed by atoms with Crippen LogP contribution in [0.4, 0.5) is 5.00 Å². The molecule has 0 aliphatic carbocycles. The Morgan fingerprint density at radius 3 is 2.35 bits per heavy atom. The number of carbonyl (C=O) groups excluding carboxylic acids is 4. The van der Waals surface area contributed by atoms with Crippen LogP contribution < -0.4 is 5.32 Å². The van der Waals surface area contributed by atoms with Crippen LogP contribution in [0, 0.1) is 6.92 Å². The lowest BCUT2D eigenvalue weighted by Gasteiger charge is -2.13. The summed E-state index contributed by atoms with van der Waals surface area (Å²) in [6.45, 7) is 1.98. The number of amides is 3. The van der Waals surface area contributed by atoms with Crippen molar-refractivity contribution < 1.29 is 23.9 Å². The normalized spacial score (nSPS) is 12.6. The van der Waals surface area contributed by atoms with E-state index in [1.807, 2.05) is 13.0 Å². The molecule has 3 aromatic rings. The van der Waals surface area contributed by atoms with Gasteiger partial charge in [0.15, 0.2) is 0 Å². The number of anilines is 1. The standard InChI is InChI=1S/C25H21ClN2O5S/c1-14-20(15-7-5-8-16(26)13-15)21(25(32)33-2)22(34-14)27-19(29)11-6-12-28-23(30)17-9-3-4-10-18(17)24(28)31/h3-5,7-10,13H,6,11-12H2,1-2H3,(H,27,29). The van der Waals surface area contributed by atoms with Crippen LogP contribution in [0.2, 0.25) is 5.02 Å². The number of rotatable bonds is 7. The highest BCUT2D eigenvalue weighted by Gasteiger charge is 2.34. The van der Waals surface area contributed by atoms with Crippen LogP contribution in [0.5, 0.6) is 0 Å². The fourth-order valence-corrected chi connectivity index (χ4v) is 5.22. The van der Waals surface area contributed by atoms with Crippen molar-refractivity contribution in [2.24, 2.45) is 0 Å². The molecule has 0 fully saturated rings. The van der Waals surface area contributed by atoms with E-state index in [4.69, 9.17) is 16.3 Å². The third-order valence-electron chi connectivity index (χ3n) is 5.50. The smallest absolute Gasteiger partial charge is 0.341 e.